The molecular formula is C14H23NO3. The summed E-state index contributed by atoms with van der Waals surface area (Å²) in [4.78, 5) is 12.2. The molecule has 1 aliphatic heterocycles. The first-order valence-corrected chi connectivity index (χ1v) is 7.17. The monoisotopic (exact) mass is 253 g/mol. The van der Waals surface area contributed by atoms with Gasteiger partial charge in [0.1, 0.15) is 0 Å². The van der Waals surface area contributed by atoms with Crippen LogP contribution in [-0.2, 0) is 14.3 Å². The van der Waals surface area contributed by atoms with E-state index in [4.69, 9.17) is 9.47 Å². The molecule has 102 valence electrons. The molecule has 2 aliphatic carbocycles. The molecule has 3 fully saturated rings. The standard InChI is InChI=1S/C14H23NO3/c1-17-12-8-11(14(12)5-3-6-14)15-13(16)10-4-2-7-18-9-10/h10-12H,2-9H2,1H3,(H,15,16). The van der Waals surface area contributed by atoms with E-state index in [1.54, 1.807) is 7.11 Å². The highest BCUT2D eigenvalue weighted by Gasteiger charge is 2.59. The third-order valence-corrected chi connectivity index (χ3v) is 5.20. The van der Waals surface area contributed by atoms with Gasteiger partial charge in [-0.3, -0.25) is 4.79 Å². The zero-order chi connectivity index (χ0) is 12.6. The van der Waals surface area contributed by atoms with E-state index in [1.165, 1.54) is 19.3 Å². The SMILES string of the molecule is COC1CC(NC(=O)C2CCCOC2)C12CCC2. The highest BCUT2D eigenvalue weighted by Crippen LogP contribution is 2.57. The van der Waals surface area contributed by atoms with E-state index < -0.39 is 0 Å². The topological polar surface area (TPSA) is 47.6 Å². The van der Waals surface area contributed by atoms with Gasteiger partial charge in [-0.1, -0.05) is 6.42 Å². The first-order chi connectivity index (χ1) is 8.76. The van der Waals surface area contributed by atoms with Crippen LogP contribution in [0, 0.1) is 11.3 Å². The molecule has 1 amide bonds. The zero-order valence-electron chi connectivity index (χ0n) is 11.1. The molecule has 0 bridgehead atoms. The average molecular weight is 253 g/mol. The third kappa shape index (κ3) is 1.86. The van der Waals surface area contributed by atoms with E-state index in [2.05, 4.69) is 5.32 Å². The third-order valence-electron chi connectivity index (χ3n) is 5.20. The van der Waals surface area contributed by atoms with Gasteiger partial charge < -0.3 is 14.8 Å². The van der Waals surface area contributed by atoms with Gasteiger partial charge in [-0.15, -0.1) is 0 Å². The summed E-state index contributed by atoms with van der Waals surface area (Å²) < 4.78 is 10.9. The molecule has 4 heteroatoms. The van der Waals surface area contributed by atoms with Crippen LogP contribution in [0.25, 0.3) is 0 Å². The molecular weight excluding hydrogens is 230 g/mol. The Labute approximate surface area is 108 Å². The number of nitrogens with one attached hydrogen (secondary N) is 1. The van der Waals surface area contributed by atoms with Gasteiger partial charge in [-0.2, -0.15) is 0 Å². The first kappa shape index (κ1) is 12.4. The molecule has 0 radical (unpaired) electrons. The highest BCUT2D eigenvalue weighted by atomic mass is 16.5. The van der Waals surface area contributed by atoms with E-state index in [1.807, 2.05) is 0 Å². The number of hydrogen-bond donors (Lipinski definition) is 1. The fourth-order valence-electron chi connectivity index (χ4n) is 3.77. The van der Waals surface area contributed by atoms with Gasteiger partial charge in [0, 0.05) is 25.2 Å². The molecule has 1 spiro atoms. The normalized spacial score (nSPS) is 37.7. The Bertz CT molecular complexity index is 321. The second kappa shape index (κ2) is 4.82. The van der Waals surface area contributed by atoms with Crippen LogP contribution in [0.3, 0.4) is 0 Å². The van der Waals surface area contributed by atoms with Gasteiger partial charge in [0.05, 0.1) is 18.6 Å². The van der Waals surface area contributed by atoms with Gasteiger partial charge in [0.25, 0.3) is 0 Å². The molecule has 1 saturated heterocycles. The van der Waals surface area contributed by atoms with E-state index in [0.29, 0.717) is 18.8 Å². The zero-order valence-corrected chi connectivity index (χ0v) is 11.1. The second-order valence-electron chi connectivity index (χ2n) is 6.02. The summed E-state index contributed by atoms with van der Waals surface area (Å²) in [6.07, 6.45) is 7.01. The maximum absolute atomic E-state index is 12.2. The molecule has 2 saturated carbocycles. The van der Waals surface area contributed by atoms with Crippen molar-refractivity contribution in [2.45, 2.75) is 50.7 Å². The average Bonchev–Trinajstić information content (AvgIpc) is 2.32. The Kier molecular flexibility index (Phi) is 3.32. The predicted molar refractivity (Wildman–Crippen MR) is 67.2 cm³/mol. The van der Waals surface area contributed by atoms with Crippen LogP contribution in [0.1, 0.15) is 38.5 Å². The molecule has 3 rings (SSSR count). The van der Waals surface area contributed by atoms with Crippen LogP contribution in [0.5, 0.6) is 0 Å². The van der Waals surface area contributed by atoms with Crippen molar-refractivity contribution < 1.29 is 14.3 Å². The molecule has 0 aromatic heterocycles. The fraction of sp³-hybridized carbons (Fsp3) is 0.929. The van der Waals surface area contributed by atoms with Crippen molar-refractivity contribution in [2.24, 2.45) is 11.3 Å². The molecule has 3 aliphatic rings. The Morgan fingerprint density at radius 1 is 1.39 bits per heavy atom. The summed E-state index contributed by atoms with van der Waals surface area (Å²) in [6, 6.07) is 0.339. The highest BCUT2D eigenvalue weighted by molar-refractivity contribution is 5.79. The van der Waals surface area contributed by atoms with Gasteiger partial charge >= 0.3 is 0 Å². The van der Waals surface area contributed by atoms with Crippen molar-refractivity contribution in [3.8, 4) is 0 Å². The van der Waals surface area contributed by atoms with Crippen molar-refractivity contribution >= 4 is 5.91 Å². The minimum absolute atomic E-state index is 0.0671. The van der Waals surface area contributed by atoms with E-state index in [9.17, 15) is 4.79 Å². The minimum Gasteiger partial charge on any atom is -0.381 e. The van der Waals surface area contributed by atoms with Crippen molar-refractivity contribution in [2.75, 3.05) is 20.3 Å². The smallest absolute Gasteiger partial charge is 0.225 e. The Morgan fingerprint density at radius 2 is 2.22 bits per heavy atom. The van der Waals surface area contributed by atoms with Crippen LogP contribution in [0.4, 0.5) is 0 Å². The number of carbonyl (C=O) groups is 1. The lowest BCUT2D eigenvalue weighted by molar-refractivity contribution is -0.168. The lowest BCUT2D eigenvalue weighted by atomic mass is 9.51. The summed E-state index contributed by atoms with van der Waals surface area (Å²) in [6.45, 7) is 1.40. The Morgan fingerprint density at radius 3 is 2.78 bits per heavy atom. The largest absolute Gasteiger partial charge is 0.381 e. The van der Waals surface area contributed by atoms with Gasteiger partial charge in [-0.05, 0) is 32.1 Å². The number of methoxy groups -OCH3 is 1. The molecule has 3 atom stereocenters. The predicted octanol–water partition coefficient (Wildman–Crippen LogP) is 1.49. The summed E-state index contributed by atoms with van der Waals surface area (Å²) in [5.41, 5.74) is 0.264. The molecule has 4 nitrogen and oxygen atoms in total. The quantitative estimate of drug-likeness (QED) is 0.829. The maximum Gasteiger partial charge on any atom is 0.225 e. The fourth-order valence-corrected chi connectivity index (χ4v) is 3.77. The van der Waals surface area contributed by atoms with Crippen LogP contribution in [0.2, 0.25) is 0 Å². The van der Waals surface area contributed by atoms with E-state index >= 15 is 0 Å². The van der Waals surface area contributed by atoms with Crippen molar-refractivity contribution in [3.05, 3.63) is 0 Å². The van der Waals surface area contributed by atoms with Crippen molar-refractivity contribution in [1.29, 1.82) is 0 Å². The molecule has 3 unspecified atom stereocenters. The Balaban J connectivity index is 1.55. The van der Waals surface area contributed by atoms with Crippen LogP contribution in [-0.4, -0.2) is 38.4 Å². The number of carbonyl (C=O) groups excluding carboxylic acids is 1. The molecule has 1 heterocycles. The number of amides is 1. The van der Waals surface area contributed by atoms with Crippen molar-refractivity contribution in [1.82, 2.24) is 5.32 Å². The summed E-state index contributed by atoms with van der Waals surface area (Å²) >= 11 is 0. The van der Waals surface area contributed by atoms with Crippen molar-refractivity contribution in [3.63, 3.8) is 0 Å². The van der Waals surface area contributed by atoms with Gasteiger partial charge in [-0.25, -0.2) is 0 Å². The van der Waals surface area contributed by atoms with Crippen LogP contribution in [0.15, 0.2) is 0 Å². The Hall–Kier alpha value is -0.610. The summed E-state index contributed by atoms with van der Waals surface area (Å²) in [5.74, 6) is 0.262. The molecule has 18 heavy (non-hydrogen) atoms. The number of hydrogen-bond acceptors (Lipinski definition) is 3. The summed E-state index contributed by atoms with van der Waals surface area (Å²) in [5, 5.41) is 3.24. The lowest BCUT2D eigenvalue weighted by Gasteiger charge is -2.60. The van der Waals surface area contributed by atoms with Gasteiger partial charge in [0.2, 0.25) is 5.91 Å². The van der Waals surface area contributed by atoms with E-state index in [0.717, 1.165) is 25.9 Å². The minimum atomic E-state index is 0.0671. The maximum atomic E-state index is 12.2. The van der Waals surface area contributed by atoms with Gasteiger partial charge in [0.15, 0.2) is 0 Å². The lowest BCUT2D eigenvalue weighted by Crippen LogP contribution is -2.68. The number of ether oxygens (including phenoxy) is 2. The van der Waals surface area contributed by atoms with Crippen LogP contribution < -0.4 is 5.32 Å². The molecule has 0 aromatic carbocycles. The second-order valence-corrected chi connectivity index (χ2v) is 6.02. The molecule has 1 N–H and O–H groups in total. The summed E-state index contributed by atoms with van der Waals surface area (Å²) in [7, 11) is 1.79. The molecule has 0 aromatic rings. The van der Waals surface area contributed by atoms with Crippen LogP contribution >= 0.6 is 0 Å². The number of rotatable bonds is 3. The van der Waals surface area contributed by atoms with E-state index in [-0.39, 0.29) is 17.2 Å². The first-order valence-electron chi connectivity index (χ1n) is 7.17.